The molecule has 1 aromatic carbocycles. The average molecular weight is 299 g/mol. The summed E-state index contributed by atoms with van der Waals surface area (Å²) >= 11 is 3.19. The Labute approximate surface area is 107 Å². The third-order valence-electron chi connectivity index (χ3n) is 2.29. The maximum Gasteiger partial charge on any atom is 0.227 e. The molecule has 0 amide bonds. The molecule has 1 N–H and O–H groups in total. The number of hydrogen-bond acceptors (Lipinski definition) is 3. The Kier molecular flexibility index (Phi) is 3.91. The zero-order valence-electron chi connectivity index (χ0n) is 9.34. The maximum absolute atomic E-state index is 13.3. The van der Waals surface area contributed by atoms with Crippen molar-refractivity contribution < 1.29 is 8.81 Å². The van der Waals surface area contributed by atoms with Crippen LogP contribution in [-0.2, 0) is 6.54 Å². The van der Waals surface area contributed by atoms with Crippen LogP contribution < -0.4 is 5.32 Å². The van der Waals surface area contributed by atoms with E-state index in [2.05, 4.69) is 26.2 Å². The van der Waals surface area contributed by atoms with E-state index in [0.717, 1.165) is 12.2 Å². The molecule has 17 heavy (non-hydrogen) atoms. The minimum Gasteiger partial charge on any atom is -0.444 e. The van der Waals surface area contributed by atoms with Crippen molar-refractivity contribution in [3.8, 4) is 11.5 Å². The summed E-state index contributed by atoms with van der Waals surface area (Å²) in [6.45, 7) is 3.53. The first kappa shape index (κ1) is 12.3. The van der Waals surface area contributed by atoms with E-state index in [-0.39, 0.29) is 5.82 Å². The van der Waals surface area contributed by atoms with Crippen LogP contribution in [0.25, 0.3) is 11.5 Å². The summed E-state index contributed by atoms with van der Waals surface area (Å²) < 4.78 is 19.1. The summed E-state index contributed by atoms with van der Waals surface area (Å²) in [6.07, 6.45) is 1.58. The molecule has 0 spiro atoms. The summed E-state index contributed by atoms with van der Waals surface area (Å²) in [5, 5.41) is 3.15. The minimum absolute atomic E-state index is 0.325. The number of hydrogen-bond donors (Lipinski definition) is 1. The van der Waals surface area contributed by atoms with Crippen LogP contribution in [-0.4, -0.2) is 11.5 Å². The average Bonchev–Trinajstić information content (AvgIpc) is 2.78. The Morgan fingerprint density at radius 2 is 2.29 bits per heavy atom. The third-order valence-corrected chi connectivity index (χ3v) is 3.10. The van der Waals surface area contributed by atoms with E-state index in [9.17, 15) is 4.39 Å². The first-order valence-corrected chi connectivity index (χ1v) is 6.11. The first-order chi connectivity index (χ1) is 8.22. The molecule has 2 aromatic rings. The Bertz CT molecular complexity index is 513. The molecule has 0 radical (unpaired) electrons. The van der Waals surface area contributed by atoms with Crippen LogP contribution in [0.2, 0.25) is 0 Å². The largest absolute Gasteiger partial charge is 0.444 e. The predicted octanol–water partition coefficient (Wildman–Crippen LogP) is 3.35. The second kappa shape index (κ2) is 5.42. The lowest BCUT2D eigenvalue weighted by Gasteiger charge is -2.00. The van der Waals surface area contributed by atoms with Crippen molar-refractivity contribution in [1.29, 1.82) is 0 Å². The lowest BCUT2D eigenvalue weighted by molar-refractivity contribution is 0.567. The summed E-state index contributed by atoms with van der Waals surface area (Å²) in [5.41, 5.74) is 1.42. The van der Waals surface area contributed by atoms with E-state index in [1.165, 1.54) is 6.07 Å². The zero-order valence-corrected chi connectivity index (χ0v) is 10.9. The monoisotopic (exact) mass is 298 g/mol. The molecule has 0 atom stereocenters. The zero-order chi connectivity index (χ0) is 12.3. The van der Waals surface area contributed by atoms with Crippen LogP contribution in [0.4, 0.5) is 4.39 Å². The number of rotatable bonds is 4. The molecule has 0 aliphatic heterocycles. The van der Waals surface area contributed by atoms with Gasteiger partial charge in [0, 0.05) is 6.54 Å². The van der Waals surface area contributed by atoms with Gasteiger partial charge < -0.3 is 9.73 Å². The van der Waals surface area contributed by atoms with Crippen molar-refractivity contribution >= 4 is 15.9 Å². The SMILES string of the molecule is CCNCc1coc(-c2cccc(F)c2Br)n1. The molecule has 3 nitrogen and oxygen atoms in total. The van der Waals surface area contributed by atoms with Crippen molar-refractivity contribution in [3.05, 3.63) is 40.4 Å². The fourth-order valence-corrected chi connectivity index (χ4v) is 1.87. The van der Waals surface area contributed by atoms with Gasteiger partial charge in [0.05, 0.1) is 15.7 Å². The smallest absolute Gasteiger partial charge is 0.227 e. The molecule has 0 saturated heterocycles. The van der Waals surface area contributed by atoms with E-state index >= 15 is 0 Å². The molecule has 0 bridgehead atoms. The molecule has 0 aliphatic rings. The topological polar surface area (TPSA) is 38.1 Å². The molecule has 1 heterocycles. The summed E-state index contributed by atoms with van der Waals surface area (Å²) in [5.74, 6) is 0.0956. The van der Waals surface area contributed by atoms with Crippen molar-refractivity contribution in [2.75, 3.05) is 6.54 Å². The van der Waals surface area contributed by atoms with Gasteiger partial charge in [0.2, 0.25) is 5.89 Å². The van der Waals surface area contributed by atoms with Gasteiger partial charge in [-0.3, -0.25) is 0 Å². The molecular formula is C12H12BrFN2O. The van der Waals surface area contributed by atoms with Crippen molar-refractivity contribution in [3.63, 3.8) is 0 Å². The van der Waals surface area contributed by atoms with E-state index in [1.54, 1.807) is 18.4 Å². The molecule has 0 fully saturated rings. The van der Waals surface area contributed by atoms with Gasteiger partial charge in [0.1, 0.15) is 12.1 Å². The van der Waals surface area contributed by atoms with Gasteiger partial charge in [0.25, 0.3) is 0 Å². The van der Waals surface area contributed by atoms with Gasteiger partial charge >= 0.3 is 0 Å². The third kappa shape index (κ3) is 2.73. The van der Waals surface area contributed by atoms with Gasteiger partial charge in [-0.25, -0.2) is 9.37 Å². The highest BCUT2D eigenvalue weighted by molar-refractivity contribution is 9.10. The second-order valence-electron chi connectivity index (χ2n) is 3.53. The minimum atomic E-state index is -0.325. The normalized spacial score (nSPS) is 10.8. The number of nitrogens with one attached hydrogen (secondary N) is 1. The van der Waals surface area contributed by atoms with Gasteiger partial charge in [0.15, 0.2) is 0 Å². The first-order valence-electron chi connectivity index (χ1n) is 5.32. The standard InChI is InChI=1S/C12H12BrFN2O/c1-2-15-6-8-7-17-12(16-8)9-4-3-5-10(14)11(9)13/h3-5,7,15H,2,6H2,1H3. The summed E-state index contributed by atoms with van der Waals surface area (Å²) in [7, 11) is 0. The van der Waals surface area contributed by atoms with Gasteiger partial charge in [-0.05, 0) is 34.6 Å². The van der Waals surface area contributed by atoms with Crippen LogP contribution >= 0.6 is 15.9 Å². The fourth-order valence-electron chi connectivity index (χ4n) is 1.43. The number of aromatic nitrogens is 1. The molecule has 0 saturated carbocycles. The molecule has 5 heteroatoms. The van der Waals surface area contributed by atoms with Crippen molar-refractivity contribution in [2.45, 2.75) is 13.5 Å². The van der Waals surface area contributed by atoms with Crippen LogP contribution in [0.1, 0.15) is 12.6 Å². The van der Waals surface area contributed by atoms with E-state index < -0.39 is 0 Å². The molecule has 0 aliphatic carbocycles. The maximum atomic E-state index is 13.3. The number of nitrogens with zero attached hydrogens (tertiary/aromatic N) is 1. The predicted molar refractivity (Wildman–Crippen MR) is 67.0 cm³/mol. The summed E-state index contributed by atoms with van der Waals surface area (Å²) in [4.78, 5) is 4.29. The van der Waals surface area contributed by atoms with Crippen molar-refractivity contribution in [2.24, 2.45) is 0 Å². The van der Waals surface area contributed by atoms with Crippen molar-refractivity contribution in [1.82, 2.24) is 10.3 Å². The van der Waals surface area contributed by atoms with Crippen LogP contribution in [0.15, 0.2) is 33.4 Å². The molecular weight excluding hydrogens is 287 g/mol. The Morgan fingerprint density at radius 1 is 1.47 bits per heavy atom. The van der Waals surface area contributed by atoms with Gasteiger partial charge in [-0.2, -0.15) is 0 Å². The highest BCUT2D eigenvalue weighted by atomic mass is 79.9. The Balaban J connectivity index is 2.27. The van der Waals surface area contributed by atoms with E-state index in [1.807, 2.05) is 6.92 Å². The van der Waals surface area contributed by atoms with Gasteiger partial charge in [-0.1, -0.05) is 13.0 Å². The van der Waals surface area contributed by atoms with Crippen LogP contribution in [0, 0.1) is 5.82 Å². The van der Waals surface area contributed by atoms with E-state index in [0.29, 0.717) is 22.5 Å². The Hall–Kier alpha value is -1.20. The number of benzene rings is 1. The highest BCUT2D eigenvalue weighted by Crippen LogP contribution is 2.29. The van der Waals surface area contributed by atoms with Crippen LogP contribution in [0.5, 0.6) is 0 Å². The molecule has 90 valence electrons. The Morgan fingerprint density at radius 3 is 3.06 bits per heavy atom. The molecule has 2 rings (SSSR count). The lowest BCUT2D eigenvalue weighted by atomic mass is 10.2. The molecule has 1 aromatic heterocycles. The second-order valence-corrected chi connectivity index (χ2v) is 4.32. The summed E-state index contributed by atoms with van der Waals surface area (Å²) in [6, 6.07) is 4.77. The van der Waals surface area contributed by atoms with Gasteiger partial charge in [-0.15, -0.1) is 0 Å². The number of halogens is 2. The highest BCUT2D eigenvalue weighted by Gasteiger charge is 2.12. The quantitative estimate of drug-likeness (QED) is 0.941. The molecule has 0 unspecified atom stereocenters. The number of oxazole rings is 1. The lowest BCUT2D eigenvalue weighted by Crippen LogP contribution is -2.11. The van der Waals surface area contributed by atoms with E-state index in [4.69, 9.17) is 4.42 Å². The fraction of sp³-hybridized carbons (Fsp3) is 0.250. The van der Waals surface area contributed by atoms with Crippen LogP contribution in [0.3, 0.4) is 0 Å².